The van der Waals surface area contributed by atoms with Crippen molar-refractivity contribution < 1.29 is 19.5 Å². The van der Waals surface area contributed by atoms with Crippen LogP contribution in [0.2, 0.25) is 0 Å². The normalized spacial score (nSPS) is 18.5. The van der Waals surface area contributed by atoms with Gasteiger partial charge in [0.15, 0.2) is 0 Å². The van der Waals surface area contributed by atoms with Gasteiger partial charge in [-0.15, -0.1) is 0 Å². The zero-order valence-electron chi connectivity index (χ0n) is 10.6. The van der Waals surface area contributed by atoms with E-state index in [1.165, 1.54) is 6.08 Å². The minimum Gasteiger partial charge on any atom is -0.477 e. The second-order valence-corrected chi connectivity index (χ2v) is 4.42. The third-order valence-electron chi connectivity index (χ3n) is 2.91. The van der Waals surface area contributed by atoms with Gasteiger partial charge in [-0.2, -0.15) is 0 Å². The molecule has 1 saturated heterocycles. The van der Waals surface area contributed by atoms with E-state index in [0.717, 1.165) is 0 Å². The van der Waals surface area contributed by atoms with Crippen molar-refractivity contribution in [1.82, 2.24) is 10.6 Å². The second-order valence-electron chi connectivity index (χ2n) is 4.42. The summed E-state index contributed by atoms with van der Waals surface area (Å²) in [4.78, 5) is 34.1. The van der Waals surface area contributed by atoms with Crippen molar-refractivity contribution in [1.29, 1.82) is 0 Å². The molecule has 0 unspecified atom stereocenters. The molecule has 2 rings (SSSR count). The highest BCUT2D eigenvalue weighted by atomic mass is 16.4. The fraction of sp³-hybridized carbons (Fsp3) is 0.214. The zero-order valence-corrected chi connectivity index (χ0v) is 10.6. The van der Waals surface area contributed by atoms with Crippen molar-refractivity contribution in [2.45, 2.75) is 18.9 Å². The third-order valence-corrected chi connectivity index (χ3v) is 2.91. The number of nitrogens with one attached hydrogen (secondary N) is 2. The van der Waals surface area contributed by atoms with E-state index in [-0.39, 0.29) is 18.0 Å². The Balaban J connectivity index is 2.10. The Kier molecular flexibility index (Phi) is 4.14. The van der Waals surface area contributed by atoms with E-state index in [4.69, 9.17) is 5.11 Å². The van der Waals surface area contributed by atoms with E-state index in [0.29, 0.717) is 12.0 Å². The van der Waals surface area contributed by atoms with E-state index in [1.807, 2.05) is 6.07 Å². The quantitative estimate of drug-likeness (QED) is 0.697. The van der Waals surface area contributed by atoms with Gasteiger partial charge < -0.3 is 15.7 Å². The number of carboxylic acid groups (broad SMARTS) is 1. The average Bonchev–Trinajstić information content (AvgIpc) is 2.86. The van der Waals surface area contributed by atoms with Crippen molar-refractivity contribution in [3.8, 4) is 0 Å². The SMILES string of the molecule is O=C1CC[C@@H](C(=O)NC(=Cc2ccccc2)C(=O)O)N1. The summed E-state index contributed by atoms with van der Waals surface area (Å²) in [6, 6.07) is 8.14. The number of hydrogen-bond donors (Lipinski definition) is 3. The second kappa shape index (κ2) is 6.01. The van der Waals surface area contributed by atoms with E-state index in [1.54, 1.807) is 24.3 Å². The molecule has 1 fully saturated rings. The molecule has 1 aromatic carbocycles. The van der Waals surface area contributed by atoms with Crippen LogP contribution < -0.4 is 10.6 Å². The van der Waals surface area contributed by atoms with Gasteiger partial charge in [0.25, 0.3) is 0 Å². The van der Waals surface area contributed by atoms with Crippen LogP contribution in [0, 0.1) is 0 Å². The fourth-order valence-electron chi connectivity index (χ4n) is 1.90. The number of aliphatic carboxylic acids is 1. The lowest BCUT2D eigenvalue weighted by Gasteiger charge is -2.11. The third kappa shape index (κ3) is 3.44. The van der Waals surface area contributed by atoms with Crippen LogP contribution in [0.5, 0.6) is 0 Å². The molecule has 0 spiro atoms. The predicted octanol–water partition coefficient (Wildman–Crippen LogP) is 0.507. The maximum Gasteiger partial charge on any atom is 0.352 e. The zero-order chi connectivity index (χ0) is 14.5. The van der Waals surface area contributed by atoms with E-state index < -0.39 is 17.9 Å². The summed E-state index contributed by atoms with van der Waals surface area (Å²) < 4.78 is 0. The van der Waals surface area contributed by atoms with Crippen molar-refractivity contribution in [2.75, 3.05) is 0 Å². The number of rotatable bonds is 4. The summed E-state index contributed by atoms with van der Waals surface area (Å²) in [7, 11) is 0. The van der Waals surface area contributed by atoms with E-state index in [2.05, 4.69) is 10.6 Å². The van der Waals surface area contributed by atoms with Crippen LogP contribution in [0.15, 0.2) is 36.0 Å². The Morgan fingerprint density at radius 1 is 1.30 bits per heavy atom. The molecule has 1 aliphatic rings. The van der Waals surface area contributed by atoms with Crippen molar-refractivity contribution in [3.63, 3.8) is 0 Å². The van der Waals surface area contributed by atoms with Crippen LogP contribution in [-0.2, 0) is 14.4 Å². The summed E-state index contributed by atoms with van der Waals surface area (Å²) in [5.41, 5.74) is 0.447. The Morgan fingerprint density at radius 2 is 2.00 bits per heavy atom. The lowest BCUT2D eigenvalue weighted by Crippen LogP contribution is -2.42. The standard InChI is InChI=1S/C14H14N2O4/c17-12-7-6-10(15-12)13(18)16-11(14(19)20)8-9-4-2-1-3-5-9/h1-5,8,10H,6-7H2,(H,15,17)(H,16,18)(H,19,20)/t10-/m0/s1. The van der Waals surface area contributed by atoms with Gasteiger partial charge in [0.1, 0.15) is 11.7 Å². The Bertz CT molecular complexity index is 566. The molecule has 0 bridgehead atoms. The molecule has 6 nitrogen and oxygen atoms in total. The molecule has 6 heteroatoms. The first kappa shape index (κ1) is 13.8. The number of hydrogen-bond acceptors (Lipinski definition) is 3. The van der Waals surface area contributed by atoms with Gasteiger partial charge in [0.05, 0.1) is 0 Å². The summed E-state index contributed by atoms with van der Waals surface area (Å²) in [6.45, 7) is 0. The number of carbonyl (C=O) groups is 3. The van der Waals surface area contributed by atoms with E-state index >= 15 is 0 Å². The number of benzene rings is 1. The van der Waals surface area contributed by atoms with Crippen molar-refractivity contribution in [3.05, 3.63) is 41.6 Å². The molecule has 1 aromatic rings. The number of amides is 2. The predicted molar refractivity (Wildman–Crippen MR) is 71.4 cm³/mol. The first-order valence-corrected chi connectivity index (χ1v) is 6.16. The molecule has 104 valence electrons. The lowest BCUT2D eigenvalue weighted by molar-refractivity contribution is -0.134. The molecule has 3 N–H and O–H groups in total. The molecule has 1 heterocycles. The van der Waals surface area contributed by atoms with Crippen molar-refractivity contribution >= 4 is 23.9 Å². The molecule has 0 radical (unpaired) electrons. The number of carbonyl (C=O) groups excluding carboxylic acids is 2. The molecule has 0 saturated carbocycles. The molecule has 1 atom stereocenters. The highest BCUT2D eigenvalue weighted by molar-refractivity contribution is 5.99. The van der Waals surface area contributed by atoms with Gasteiger partial charge in [-0.05, 0) is 18.1 Å². The van der Waals surface area contributed by atoms with Crippen LogP contribution in [0.3, 0.4) is 0 Å². The van der Waals surface area contributed by atoms with Crippen LogP contribution in [0.4, 0.5) is 0 Å². The topological polar surface area (TPSA) is 95.5 Å². The highest BCUT2D eigenvalue weighted by Crippen LogP contribution is 2.09. The van der Waals surface area contributed by atoms with Crippen LogP contribution in [0.25, 0.3) is 6.08 Å². The maximum atomic E-state index is 11.9. The first-order valence-electron chi connectivity index (χ1n) is 6.16. The Hall–Kier alpha value is -2.63. The molecular weight excluding hydrogens is 260 g/mol. The summed E-state index contributed by atoms with van der Waals surface area (Å²) in [6.07, 6.45) is 2.03. The largest absolute Gasteiger partial charge is 0.477 e. The summed E-state index contributed by atoms with van der Waals surface area (Å²) >= 11 is 0. The molecule has 0 aromatic heterocycles. The fourth-order valence-corrected chi connectivity index (χ4v) is 1.90. The summed E-state index contributed by atoms with van der Waals surface area (Å²) in [5, 5.41) is 13.9. The van der Waals surface area contributed by atoms with Gasteiger partial charge in [0, 0.05) is 6.42 Å². The van der Waals surface area contributed by atoms with Crippen LogP contribution >= 0.6 is 0 Å². The van der Waals surface area contributed by atoms with Crippen LogP contribution in [0.1, 0.15) is 18.4 Å². The molecular formula is C14H14N2O4. The smallest absolute Gasteiger partial charge is 0.352 e. The maximum absolute atomic E-state index is 11.9. The summed E-state index contributed by atoms with van der Waals surface area (Å²) in [5.74, 6) is -1.94. The Morgan fingerprint density at radius 3 is 2.55 bits per heavy atom. The lowest BCUT2D eigenvalue weighted by atomic mass is 10.1. The Labute approximate surface area is 115 Å². The molecule has 1 aliphatic heterocycles. The highest BCUT2D eigenvalue weighted by Gasteiger charge is 2.28. The molecule has 0 aliphatic carbocycles. The van der Waals surface area contributed by atoms with Crippen molar-refractivity contribution in [2.24, 2.45) is 0 Å². The van der Waals surface area contributed by atoms with Gasteiger partial charge in [-0.3, -0.25) is 9.59 Å². The monoisotopic (exact) mass is 274 g/mol. The van der Waals surface area contributed by atoms with Gasteiger partial charge in [0.2, 0.25) is 11.8 Å². The first-order chi connectivity index (χ1) is 9.56. The van der Waals surface area contributed by atoms with E-state index in [9.17, 15) is 14.4 Å². The minimum absolute atomic E-state index is 0.200. The molecule has 2 amide bonds. The molecule has 20 heavy (non-hydrogen) atoms. The van der Waals surface area contributed by atoms with Gasteiger partial charge >= 0.3 is 5.97 Å². The average molecular weight is 274 g/mol. The number of carboxylic acids is 1. The van der Waals surface area contributed by atoms with Crippen LogP contribution in [-0.4, -0.2) is 28.9 Å². The van der Waals surface area contributed by atoms with Gasteiger partial charge in [-0.25, -0.2) is 4.79 Å². The van der Waals surface area contributed by atoms with Gasteiger partial charge in [-0.1, -0.05) is 30.3 Å². The minimum atomic E-state index is -1.23.